The molecule has 4 aromatic rings. The van der Waals surface area contributed by atoms with E-state index in [0.29, 0.717) is 28.3 Å². The Bertz CT molecular complexity index is 1150. The summed E-state index contributed by atoms with van der Waals surface area (Å²) in [5.74, 6) is 0.153. The van der Waals surface area contributed by atoms with E-state index < -0.39 is 12.8 Å². The van der Waals surface area contributed by atoms with Crippen molar-refractivity contribution in [2.75, 3.05) is 11.9 Å². The molecule has 1 aromatic heterocycles. The molecule has 0 atom stereocenters. The summed E-state index contributed by atoms with van der Waals surface area (Å²) >= 11 is 0. The lowest BCUT2D eigenvalue weighted by atomic mass is 10.1. The molecule has 158 valence electrons. The quantitative estimate of drug-likeness (QED) is 0.422. The molecule has 0 bridgehead atoms. The van der Waals surface area contributed by atoms with Crippen molar-refractivity contribution in [2.45, 2.75) is 12.8 Å². The second-order valence-electron chi connectivity index (χ2n) is 6.82. The second kappa shape index (κ2) is 8.61. The lowest BCUT2D eigenvalue weighted by molar-refractivity contribution is -0.176. The molecular weight excluding hydrogens is 409 g/mol. The third kappa shape index (κ3) is 5.29. The van der Waals surface area contributed by atoms with Crippen LogP contribution >= 0.6 is 0 Å². The number of nitrogens with one attached hydrogen (secondary N) is 1. The Morgan fingerprint density at radius 1 is 0.968 bits per heavy atom. The highest BCUT2D eigenvalue weighted by atomic mass is 19.4. The number of halogens is 3. The fraction of sp³-hybridized carbons (Fsp3) is 0.130. The molecule has 0 aliphatic carbocycles. The molecule has 0 aliphatic rings. The van der Waals surface area contributed by atoms with Crippen molar-refractivity contribution in [1.29, 1.82) is 0 Å². The van der Waals surface area contributed by atoms with Gasteiger partial charge in [-0.25, -0.2) is 4.98 Å². The average molecular weight is 426 g/mol. The number of benzene rings is 3. The smallest absolute Gasteiger partial charge is 0.411 e. The van der Waals surface area contributed by atoms with Crippen LogP contribution in [0.5, 0.6) is 0 Å². The van der Waals surface area contributed by atoms with Gasteiger partial charge in [-0.1, -0.05) is 24.3 Å². The van der Waals surface area contributed by atoms with Gasteiger partial charge in [0.2, 0.25) is 5.89 Å². The Labute approximate surface area is 175 Å². The van der Waals surface area contributed by atoms with Gasteiger partial charge in [-0.05, 0) is 54.1 Å². The van der Waals surface area contributed by atoms with Crippen molar-refractivity contribution >= 4 is 22.7 Å². The fourth-order valence-electron chi connectivity index (χ4n) is 2.93. The Hall–Kier alpha value is -3.65. The summed E-state index contributed by atoms with van der Waals surface area (Å²) in [5.41, 5.74) is 3.75. The maximum atomic E-state index is 12.4. The van der Waals surface area contributed by atoms with Crippen molar-refractivity contribution in [3.8, 4) is 11.5 Å². The second-order valence-corrected chi connectivity index (χ2v) is 6.82. The van der Waals surface area contributed by atoms with Crippen LogP contribution in [0.4, 0.5) is 18.9 Å². The third-order valence-electron chi connectivity index (χ3n) is 4.43. The van der Waals surface area contributed by atoms with Gasteiger partial charge in [-0.15, -0.1) is 0 Å². The normalized spacial score (nSPS) is 11.6. The number of carbonyl (C=O) groups is 1. The number of nitrogens with zero attached hydrogens (tertiary/aromatic N) is 1. The van der Waals surface area contributed by atoms with Gasteiger partial charge in [0.15, 0.2) is 5.58 Å². The summed E-state index contributed by atoms with van der Waals surface area (Å²) in [6.45, 7) is -1.49. The zero-order valence-electron chi connectivity index (χ0n) is 16.1. The van der Waals surface area contributed by atoms with E-state index in [0.717, 1.165) is 11.1 Å². The number of hydrogen-bond donors (Lipinski definition) is 1. The minimum atomic E-state index is -4.37. The molecule has 8 heteroatoms. The average Bonchev–Trinajstić information content (AvgIpc) is 3.18. The van der Waals surface area contributed by atoms with Crippen LogP contribution in [0.1, 0.15) is 15.9 Å². The largest absolute Gasteiger partial charge is 0.436 e. The Kier molecular flexibility index (Phi) is 5.73. The molecule has 3 aromatic carbocycles. The first-order valence-corrected chi connectivity index (χ1v) is 9.38. The number of anilines is 1. The van der Waals surface area contributed by atoms with Crippen molar-refractivity contribution in [2.24, 2.45) is 0 Å². The Morgan fingerprint density at radius 3 is 2.35 bits per heavy atom. The lowest BCUT2D eigenvalue weighted by Gasteiger charge is -2.09. The zero-order chi connectivity index (χ0) is 21.8. The Balaban J connectivity index is 1.37. The first kappa shape index (κ1) is 20.6. The minimum Gasteiger partial charge on any atom is -0.436 e. The molecule has 1 amide bonds. The van der Waals surface area contributed by atoms with Gasteiger partial charge in [-0.3, -0.25) is 4.79 Å². The number of ether oxygens (including phenoxy) is 1. The number of fused-ring (bicyclic) bond motifs is 1. The zero-order valence-corrected chi connectivity index (χ0v) is 16.1. The highest BCUT2D eigenvalue weighted by molar-refractivity contribution is 6.04. The summed E-state index contributed by atoms with van der Waals surface area (Å²) in [7, 11) is 0. The number of rotatable bonds is 6. The van der Waals surface area contributed by atoms with E-state index in [2.05, 4.69) is 15.0 Å². The summed E-state index contributed by atoms with van der Waals surface area (Å²) in [6.07, 6.45) is -4.37. The monoisotopic (exact) mass is 426 g/mol. The van der Waals surface area contributed by atoms with Crippen LogP contribution in [-0.4, -0.2) is 23.7 Å². The molecule has 5 nitrogen and oxygen atoms in total. The molecule has 0 saturated heterocycles. The molecule has 0 radical (unpaired) electrons. The van der Waals surface area contributed by atoms with E-state index in [1.807, 2.05) is 24.3 Å². The first-order valence-electron chi connectivity index (χ1n) is 9.38. The van der Waals surface area contributed by atoms with Gasteiger partial charge in [0.25, 0.3) is 5.91 Å². The number of aromatic nitrogens is 1. The maximum Gasteiger partial charge on any atom is 0.411 e. The molecule has 0 unspecified atom stereocenters. The highest BCUT2D eigenvalue weighted by Crippen LogP contribution is 2.25. The van der Waals surface area contributed by atoms with Gasteiger partial charge in [0.05, 0.1) is 6.61 Å². The van der Waals surface area contributed by atoms with Crippen LogP contribution in [0, 0.1) is 0 Å². The summed E-state index contributed by atoms with van der Waals surface area (Å²) < 4.78 is 46.7. The standard InChI is InChI=1S/C23H17F3N2O3/c24-23(25,26)14-30-13-15-5-7-16(8-6-15)21(29)27-18-11-9-17(10-12-18)22-28-19-3-1-2-4-20(19)31-22/h1-12H,13-14H2,(H,27,29). The topological polar surface area (TPSA) is 64.4 Å². The molecule has 1 heterocycles. The summed E-state index contributed by atoms with van der Waals surface area (Å²) in [5, 5.41) is 2.78. The first-order chi connectivity index (χ1) is 14.9. The van der Waals surface area contributed by atoms with E-state index >= 15 is 0 Å². The third-order valence-corrected chi connectivity index (χ3v) is 4.43. The van der Waals surface area contributed by atoms with Crippen LogP contribution < -0.4 is 5.32 Å². The van der Waals surface area contributed by atoms with E-state index in [-0.39, 0.29) is 12.5 Å². The number of para-hydroxylation sites is 2. The molecule has 1 N–H and O–H groups in total. The van der Waals surface area contributed by atoms with Crippen molar-refractivity contribution in [3.63, 3.8) is 0 Å². The predicted octanol–water partition coefficient (Wildman–Crippen LogP) is 5.83. The number of hydrogen-bond acceptors (Lipinski definition) is 4. The molecule has 0 fully saturated rings. The maximum absolute atomic E-state index is 12.4. The molecular formula is C23H17F3N2O3. The van der Waals surface area contributed by atoms with Crippen LogP contribution in [0.3, 0.4) is 0 Å². The van der Waals surface area contributed by atoms with Crippen LogP contribution in [0.2, 0.25) is 0 Å². The summed E-state index contributed by atoms with van der Waals surface area (Å²) in [6, 6.07) is 20.7. The van der Waals surface area contributed by atoms with E-state index in [9.17, 15) is 18.0 Å². The molecule has 0 aliphatic heterocycles. The molecule has 31 heavy (non-hydrogen) atoms. The van der Waals surface area contributed by atoms with E-state index in [1.165, 1.54) is 12.1 Å². The number of alkyl halides is 3. The predicted molar refractivity (Wildman–Crippen MR) is 110 cm³/mol. The van der Waals surface area contributed by atoms with Crippen LogP contribution in [-0.2, 0) is 11.3 Å². The van der Waals surface area contributed by atoms with Crippen molar-refractivity contribution in [3.05, 3.63) is 83.9 Å². The number of carbonyl (C=O) groups excluding carboxylic acids is 1. The minimum absolute atomic E-state index is 0.182. The summed E-state index contributed by atoms with van der Waals surface area (Å²) in [4.78, 5) is 16.9. The number of amides is 1. The molecule has 0 spiro atoms. The highest BCUT2D eigenvalue weighted by Gasteiger charge is 2.27. The van der Waals surface area contributed by atoms with Gasteiger partial charge >= 0.3 is 6.18 Å². The van der Waals surface area contributed by atoms with E-state index in [4.69, 9.17) is 4.42 Å². The van der Waals surface area contributed by atoms with E-state index in [1.54, 1.807) is 36.4 Å². The van der Waals surface area contributed by atoms with Gasteiger partial charge < -0.3 is 14.5 Å². The Morgan fingerprint density at radius 2 is 1.68 bits per heavy atom. The fourth-order valence-corrected chi connectivity index (χ4v) is 2.93. The van der Waals surface area contributed by atoms with Crippen LogP contribution in [0.25, 0.3) is 22.6 Å². The van der Waals surface area contributed by atoms with Crippen molar-refractivity contribution < 1.29 is 27.1 Å². The molecule has 4 rings (SSSR count). The van der Waals surface area contributed by atoms with Gasteiger partial charge in [-0.2, -0.15) is 13.2 Å². The van der Waals surface area contributed by atoms with Gasteiger partial charge in [0.1, 0.15) is 12.1 Å². The van der Waals surface area contributed by atoms with Gasteiger partial charge in [0, 0.05) is 16.8 Å². The molecule has 0 saturated carbocycles. The number of oxazole rings is 1. The lowest BCUT2D eigenvalue weighted by Crippen LogP contribution is -2.16. The SMILES string of the molecule is O=C(Nc1ccc(-c2nc3ccccc3o2)cc1)c1ccc(COCC(F)(F)F)cc1. The van der Waals surface area contributed by atoms with Crippen LogP contribution in [0.15, 0.2) is 77.2 Å². The van der Waals surface area contributed by atoms with Crippen molar-refractivity contribution in [1.82, 2.24) is 4.98 Å².